The molecule has 1 unspecified atom stereocenters. The lowest BCUT2D eigenvalue weighted by atomic mass is 9.94. The molecule has 0 aromatic rings. The quantitative estimate of drug-likeness (QED) is 0.0392. The van der Waals surface area contributed by atoms with Gasteiger partial charge in [0.25, 0.3) is 0 Å². The lowest BCUT2D eigenvalue weighted by Gasteiger charge is -2.18. The number of carbonyl (C=O) groups excluding carboxylic acids is 1. The Morgan fingerprint density at radius 3 is 1.22 bits per heavy atom. The zero-order valence-corrected chi connectivity index (χ0v) is 31.5. The fourth-order valence-corrected chi connectivity index (χ4v) is 5.84. The van der Waals surface area contributed by atoms with Crippen LogP contribution in [-0.4, -0.2) is 38.1 Å². The molecule has 0 aliphatic rings. The van der Waals surface area contributed by atoms with E-state index >= 15 is 0 Å². The van der Waals surface area contributed by atoms with E-state index in [1.807, 2.05) is 19.0 Å². The fourth-order valence-electron chi connectivity index (χ4n) is 5.84. The first-order chi connectivity index (χ1) is 22.6. The largest absolute Gasteiger partial charge is 0.464 e. The molecular formula is C43H79NO2. The molecule has 0 saturated heterocycles. The highest BCUT2D eigenvalue weighted by Crippen LogP contribution is 2.20. The number of rotatable bonds is 35. The Kier molecular flexibility index (Phi) is 36.5. The van der Waals surface area contributed by atoms with Gasteiger partial charge < -0.3 is 4.74 Å². The van der Waals surface area contributed by atoms with E-state index in [0.29, 0.717) is 19.1 Å². The van der Waals surface area contributed by atoms with Gasteiger partial charge in [0, 0.05) is 0 Å². The van der Waals surface area contributed by atoms with E-state index in [0.717, 1.165) is 12.8 Å². The highest BCUT2D eigenvalue weighted by Gasteiger charge is 2.13. The van der Waals surface area contributed by atoms with E-state index in [1.165, 1.54) is 161 Å². The maximum atomic E-state index is 12.1. The Balaban J connectivity index is 3.93. The summed E-state index contributed by atoms with van der Waals surface area (Å²) in [5.74, 6) is 0.440. The Morgan fingerprint density at radius 1 is 0.500 bits per heavy atom. The minimum Gasteiger partial charge on any atom is -0.464 e. The van der Waals surface area contributed by atoms with E-state index in [-0.39, 0.29) is 5.97 Å². The molecule has 0 aliphatic carbocycles. The van der Waals surface area contributed by atoms with Crippen molar-refractivity contribution in [3.63, 3.8) is 0 Å². The number of hydrogen-bond donors (Lipinski definition) is 0. The number of unbranched alkanes of at least 4 members (excludes halogenated alkanes) is 19. The van der Waals surface area contributed by atoms with Crippen molar-refractivity contribution in [2.75, 3.05) is 27.2 Å². The van der Waals surface area contributed by atoms with Gasteiger partial charge in [0.2, 0.25) is 0 Å². The molecule has 0 aromatic heterocycles. The third-order valence-corrected chi connectivity index (χ3v) is 8.80. The summed E-state index contributed by atoms with van der Waals surface area (Å²) in [6, 6.07) is 0. The van der Waals surface area contributed by atoms with Gasteiger partial charge in [-0.05, 0) is 97.1 Å². The van der Waals surface area contributed by atoms with Crippen molar-refractivity contribution in [1.29, 1.82) is 0 Å². The molecule has 46 heavy (non-hydrogen) atoms. The average molecular weight is 642 g/mol. The Hall–Kier alpha value is -1.61. The highest BCUT2D eigenvalue weighted by atomic mass is 16.5. The van der Waals surface area contributed by atoms with E-state index in [9.17, 15) is 4.79 Å². The minimum atomic E-state index is -0.0826. The van der Waals surface area contributed by atoms with Gasteiger partial charge in [0.1, 0.15) is 0 Å². The van der Waals surface area contributed by atoms with Crippen molar-refractivity contribution in [2.45, 2.75) is 187 Å². The summed E-state index contributed by atoms with van der Waals surface area (Å²) in [6.07, 6.45) is 53.5. The van der Waals surface area contributed by atoms with Gasteiger partial charge in [-0.15, -0.1) is 0 Å². The third-order valence-electron chi connectivity index (χ3n) is 8.80. The van der Waals surface area contributed by atoms with Crippen molar-refractivity contribution in [2.24, 2.45) is 5.92 Å². The van der Waals surface area contributed by atoms with Crippen LogP contribution in [-0.2, 0) is 9.53 Å². The fraction of sp³-hybridized carbons (Fsp3) is 0.791. The van der Waals surface area contributed by atoms with Crippen LogP contribution in [0.25, 0.3) is 0 Å². The number of nitrogens with zero attached hydrogens (tertiary/aromatic N) is 1. The molecule has 0 aromatic carbocycles. The first-order valence-electron chi connectivity index (χ1n) is 20.0. The van der Waals surface area contributed by atoms with Crippen LogP contribution in [0.15, 0.2) is 48.6 Å². The first kappa shape index (κ1) is 44.4. The molecule has 0 radical (unpaired) electrons. The van der Waals surface area contributed by atoms with Gasteiger partial charge in [0.05, 0.1) is 13.2 Å². The van der Waals surface area contributed by atoms with Crippen molar-refractivity contribution < 1.29 is 9.53 Å². The monoisotopic (exact) mass is 642 g/mol. The molecule has 0 bridgehead atoms. The van der Waals surface area contributed by atoms with Crippen LogP contribution in [0.1, 0.15) is 187 Å². The number of ether oxygens (including phenoxy) is 1. The second kappa shape index (κ2) is 37.8. The molecule has 0 N–H and O–H groups in total. The van der Waals surface area contributed by atoms with E-state index < -0.39 is 0 Å². The van der Waals surface area contributed by atoms with E-state index in [2.05, 4.69) is 62.5 Å². The summed E-state index contributed by atoms with van der Waals surface area (Å²) < 4.78 is 5.68. The third kappa shape index (κ3) is 36.9. The number of likely N-dealkylation sites (N-methyl/N-ethyl adjacent to an activating group) is 1. The summed E-state index contributed by atoms with van der Waals surface area (Å²) in [7, 11) is 3.85. The number of carbonyl (C=O) groups is 1. The Labute approximate surface area is 288 Å². The van der Waals surface area contributed by atoms with Gasteiger partial charge >= 0.3 is 5.97 Å². The van der Waals surface area contributed by atoms with Crippen LogP contribution in [0.2, 0.25) is 0 Å². The average Bonchev–Trinajstić information content (AvgIpc) is 3.04. The topological polar surface area (TPSA) is 29.5 Å². The lowest BCUT2D eigenvalue weighted by Crippen LogP contribution is -2.25. The summed E-state index contributed by atoms with van der Waals surface area (Å²) in [5, 5.41) is 0. The van der Waals surface area contributed by atoms with Crippen molar-refractivity contribution in [3.05, 3.63) is 48.6 Å². The minimum absolute atomic E-state index is 0.0826. The van der Waals surface area contributed by atoms with E-state index in [1.54, 1.807) is 0 Å². The normalized spacial score (nSPS) is 13.0. The maximum absolute atomic E-state index is 12.1. The summed E-state index contributed by atoms with van der Waals surface area (Å²) in [4.78, 5) is 14.0. The van der Waals surface area contributed by atoms with Crippen molar-refractivity contribution in [1.82, 2.24) is 4.90 Å². The number of hydrogen-bond acceptors (Lipinski definition) is 3. The summed E-state index contributed by atoms with van der Waals surface area (Å²) in [5.41, 5.74) is 0. The van der Waals surface area contributed by atoms with Crippen LogP contribution >= 0.6 is 0 Å². The molecule has 3 nitrogen and oxygen atoms in total. The smallest absolute Gasteiger partial charge is 0.320 e. The van der Waals surface area contributed by atoms with Crippen LogP contribution in [0, 0.1) is 5.92 Å². The molecule has 1 atom stereocenters. The first-order valence-corrected chi connectivity index (χ1v) is 20.0. The van der Waals surface area contributed by atoms with Gasteiger partial charge in [0.15, 0.2) is 0 Å². The molecule has 268 valence electrons. The second-order valence-electron chi connectivity index (χ2n) is 13.9. The molecular weight excluding hydrogens is 562 g/mol. The second-order valence-corrected chi connectivity index (χ2v) is 13.9. The van der Waals surface area contributed by atoms with Crippen LogP contribution in [0.4, 0.5) is 0 Å². The molecule has 3 heteroatoms. The maximum Gasteiger partial charge on any atom is 0.320 e. The molecule has 0 aliphatic heterocycles. The molecule has 0 saturated carbocycles. The molecule has 0 fully saturated rings. The molecule has 0 heterocycles. The van der Waals surface area contributed by atoms with E-state index in [4.69, 9.17) is 4.74 Å². The van der Waals surface area contributed by atoms with Gasteiger partial charge in [-0.3, -0.25) is 9.69 Å². The number of esters is 1. The van der Waals surface area contributed by atoms with Crippen LogP contribution in [0.5, 0.6) is 0 Å². The van der Waals surface area contributed by atoms with Crippen LogP contribution in [0.3, 0.4) is 0 Å². The predicted molar refractivity (Wildman–Crippen MR) is 206 cm³/mol. The van der Waals surface area contributed by atoms with Gasteiger partial charge in [-0.2, -0.15) is 0 Å². The zero-order valence-electron chi connectivity index (χ0n) is 31.5. The molecule has 0 rings (SSSR count). The zero-order chi connectivity index (χ0) is 33.6. The standard InChI is InChI=1S/C43H79NO2/c1-5-7-9-11-13-15-17-19-21-23-25-27-29-31-33-35-37-39-42(41-46-43(45)40-44(3)4)38-36-34-32-30-28-26-24-22-20-18-16-14-12-10-8-6-2/h13-16,19-22,42H,5-12,17-18,23-41H2,1-4H3/b15-13-,16-14-,21-19-,22-20-. The summed E-state index contributed by atoms with van der Waals surface area (Å²) in [6.45, 7) is 5.51. The highest BCUT2D eigenvalue weighted by molar-refractivity contribution is 5.71. The lowest BCUT2D eigenvalue weighted by molar-refractivity contribution is -0.145. The van der Waals surface area contributed by atoms with Gasteiger partial charge in [-0.1, -0.05) is 159 Å². The van der Waals surface area contributed by atoms with Gasteiger partial charge in [-0.25, -0.2) is 0 Å². The SMILES string of the molecule is CCCCC/C=C\C/C=C\CCCCCCCCCC(CCCCCCCC/C=C\C/C=C\CCCCC)COC(=O)CN(C)C. The Bertz CT molecular complexity index is 735. The number of allylic oxidation sites excluding steroid dienone is 8. The molecule has 0 spiro atoms. The summed E-state index contributed by atoms with van der Waals surface area (Å²) >= 11 is 0. The predicted octanol–water partition coefficient (Wildman–Crippen LogP) is 13.5. The Morgan fingerprint density at radius 2 is 0.848 bits per heavy atom. The van der Waals surface area contributed by atoms with Crippen LogP contribution < -0.4 is 0 Å². The molecule has 0 amide bonds. The van der Waals surface area contributed by atoms with Crippen molar-refractivity contribution >= 4 is 5.97 Å². The van der Waals surface area contributed by atoms with Crippen molar-refractivity contribution in [3.8, 4) is 0 Å².